The Bertz CT molecular complexity index is 491. The minimum atomic E-state index is -0.862. The van der Waals surface area contributed by atoms with Crippen LogP contribution in [0.4, 0.5) is 0 Å². The molecule has 0 bridgehead atoms. The molecule has 1 aliphatic carbocycles. The molecular weight excluding hydrogens is 250 g/mol. The van der Waals surface area contributed by atoms with Crippen LogP contribution in [0.1, 0.15) is 55.8 Å². The number of nitriles is 1. The highest BCUT2D eigenvalue weighted by molar-refractivity contribution is 5.90. The molecule has 106 valence electrons. The minimum Gasteiger partial charge on any atom is -0.440 e. The van der Waals surface area contributed by atoms with E-state index in [-0.39, 0.29) is 11.9 Å². The first-order valence-electron chi connectivity index (χ1n) is 7.41. The topological polar surface area (TPSA) is 50.1 Å². The predicted molar refractivity (Wildman–Crippen MR) is 77.1 cm³/mol. The summed E-state index contributed by atoms with van der Waals surface area (Å²) in [5.41, 5.74) is -0.349. The van der Waals surface area contributed by atoms with E-state index in [0.717, 1.165) is 12.8 Å². The van der Waals surface area contributed by atoms with Crippen molar-refractivity contribution in [3.05, 3.63) is 35.9 Å². The Balaban J connectivity index is 1.85. The number of hydrogen-bond donors (Lipinski definition) is 0. The van der Waals surface area contributed by atoms with Crippen LogP contribution in [0.25, 0.3) is 0 Å². The SMILES string of the molecule is CCCCCCC1CC1(C#N)OC(=O)c1ccccc1. The highest BCUT2D eigenvalue weighted by Gasteiger charge is 2.58. The van der Waals surface area contributed by atoms with Gasteiger partial charge < -0.3 is 4.74 Å². The van der Waals surface area contributed by atoms with E-state index in [9.17, 15) is 10.1 Å². The zero-order chi connectivity index (χ0) is 14.4. The molecule has 0 radical (unpaired) electrons. The van der Waals surface area contributed by atoms with Gasteiger partial charge in [-0.3, -0.25) is 0 Å². The first-order chi connectivity index (χ1) is 9.72. The number of unbranched alkanes of at least 4 members (excludes halogenated alkanes) is 3. The average molecular weight is 271 g/mol. The van der Waals surface area contributed by atoms with Gasteiger partial charge in [-0.05, 0) is 18.6 Å². The third-order valence-electron chi connectivity index (χ3n) is 3.93. The van der Waals surface area contributed by atoms with Gasteiger partial charge >= 0.3 is 5.97 Å². The molecule has 1 saturated carbocycles. The maximum Gasteiger partial charge on any atom is 0.339 e. The van der Waals surface area contributed by atoms with Crippen molar-refractivity contribution in [2.75, 3.05) is 0 Å². The molecule has 0 aliphatic heterocycles. The van der Waals surface area contributed by atoms with Crippen molar-refractivity contribution in [3.8, 4) is 6.07 Å². The highest BCUT2D eigenvalue weighted by atomic mass is 16.6. The van der Waals surface area contributed by atoms with Crippen LogP contribution in [-0.2, 0) is 4.74 Å². The number of benzene rings is 1. The number of rotatable bonds is 7. The molecule has 3 nitrogen and oxygen atoms in total. The Morgan fingerprint density at radius 2 is 2.10 bits per heavy atom. The fraction of sp³-hybridized carbons (Fsp3) is 0.529. The van der Waals surface area contributed by atoms with Crippen LogP contribution in [-0.4, -0.2) is 11.6 Å². The van der Waals surface area contributed by atoms with Gasteiger partial charge in [-0.25, -0.2) is 4.79 Å². The largest absolute Gasteiger partial charge is 0.440 e. The molecule has 2 unspecified atom stereocenters. The van der Waals surface area contributed by atoms with Gasteiger partial charge in [-0.1, -0.05) is 50.8 Å². The van der Waals surface area contributed by atoms with Gasteiger partial charge in [-0.2, -0.15) is 5.26 Å². The van der Waals surface area contributed by atoms with Crippen molar-refractivity contribution < 1.29 is 9.53 Å². The number of carbonyl (C=O) groups excluding carboxylic acids is 1. The lowest BCUT2D eigenvalue weighted by atomic mass is 10.1. The van der Waals surface area contributed by atoms with E-state index in [1.807, 2.05) is 6.07 Å². The lowest BCUT2D eigenvalue weighted by Gasteiger charge is -2.11. The van der Waals surface area contributed by atoms with Crippen molar-refractivity contribution >= 4 is 5.97 Å². The normalized spacial score (nSPS) is 23.9. The van der Waals surface area contributed by atoms with E-state index in [4.69, 9.17) is 4.74 Å². The zero-order valence-electron chi connectivity index (χ0n) is 12.0. The summed E-state index contributed by atoms with van der Waals surface area (Å²) in [7, 11) is 0. The molecular formula is C17H21NO2. The molecule has 20 heavy (non-hydrogen) atoms. The van der Waals surface area contributed by atoms with Gasteiger partial charge in [0.25, 0.3) is 0 Å². The Kier molecular flexibility index (Phi) is 4.79. The quantitative estimate of drug-likeness (QED) is 0.554. The lowest BCUT2D eigenvalue weighted by Crippen LogP contribution is -2.20. The van der Waals surface area contributed by atoms with E-state index in [0.29, 0.717) is 12.0 Å². The summed E-state index contributed by atoms with van der Waals surface area (Å²) < 4.78 is 5.45. The molecule has 0 saturated heterocycles. The second kappa shape index (κ2) is 6.56. The van der Waals surface area contributed by atoms with Crippen molar-refractivity contribution in [2.45, 2.75) is 51.0 Å². The fourth-order valence-electron chi connectivity index (χ4n) is 2.54. The molecule has 1 aromatic rings. The van der Waals surface area contributed by atoms with Crippen LogP contribution in [0, 0.1) is 17.2 Å². The first-order valence-corrected chi connectivity index (χ1v) is 7.41. The second-order valence-corrected chi connectivity index (χ2v) is 5.51. The minimum absolute atomic E-state index is 0.219. The second-order valence-electron chi connectivity index (χ2n) is 5.51. The van der Waals surface area contributed by atoms with Crippen molar-refractivity contribution in [1.82, 2.24) is 0 Å². The zero-order valence-corrected chi connectivity index (χ0v) is 12.0. The third kappa shape index (κ3) is 3.39. The summed E-state index contributed by atoms with van der Waals surface area (Å²) in [4.78, 5) is 12.0. The first kappa shape index (κ1) is 14.6. The molecule has 1 fully saturated rings. The molecule has 0 N–H and O–H groups in total. The summed E-state index contributed by atoms with van der Waals surface area (Å²) in [6, 6.07) is 11.1. The maximum absolute atomic E-state index is 12.0. The monoisotopic (exact) mass is 271 g/mol. The summed E-state index contributed by atoms with van der Waals surface area (Å²) in [6.45, 7) is 2.18. The number of carbonyl (C=O) groups is 1. The molecule has 1 aliphatic rings. The van der Waals surface area contributed by atoms with Crippen LogP contribution < -0.4 is 0 Å². The summed E-state index contributed by atoms with van der Waals surface area (Å²) in [5, 5.41) is 9.30. The van der Waals surface area contributed by atoms with E-state index in [1.54, 1.807) is 24.3 Å². The Hall–Kier alpha value is -1.82. The van der Waals surface area contributed by atoms with Crippen LogP contribution in [0.5, 0.6) is 0 Å². The van der Waals surface area contributed by atoms with Crippen LogP contribution in [0.3, 0.4) is 0 Å². The van der Waals surface area contributed by atoms with Crippen molar-refractivity contribution in [3.63, 3.8) is 0 Å². The predicted octanol–water partition coefficient (Wildman–Crippen LogP) is 4.10. The molecule has 1 aromatic carbocycles. The Labute approximate surface area is 120 Å². The molecule has 2 rings (SSSR count). The lowest BCUT2D eigenvalue weighted by molar-refractivity contribution is 0.0318. The van der Waals surface area contributed by atoms with Crippen molar-refractivity contribution in [2.24, 2.45) is 5.92 Å². The maximum atomic E-state index is 12.0. The van der Waals surface area contributed by atoms with Gasteiger partial charge in [0.2, 0.25) is 5.60 Å². The van der Waals surface area contributed by atoms with Gasteiger partial charge in [0.05, 0.1) is 5.56 Å². The van der Waals surface area contributed by atoms with E-state index >= 15 is 0 Å². The van der Waals surface area contributed by atoms with E-state index < -0.39 is 5.60 Å². The van der Waals surface area contributed by atoms with E-state index in [1.165, 1.54) is 19.3 Å². The Morgan fingerprint density at radius 3 is 2.75 bits per heavy atom. The molecule has 0 aromatic heterocycles. The van der Waals surface area contributed by atoms with Gasteiger partial charge in [0.1, 0.15) is 6.07 Å². The third-order valence-corrected chi connectivity index (χ3v) is 3.93. The molecule has 3 heteroatoms. The van der Waals surface area contributed by atoms with Crippen LogP contribution >= 0.6 is 0 Å². The number of esters is 1. The fourth-order valence-corrected chi connectivity index (χ4v) is 2.54. The van der Waals surface area contributed by atoms with E-state index in [2.05, 4.69) is 13.0 Å². The Morgan fingerprint density at radius 1 is 1.35 bits per heavy atom. The number of ether oxygens (including phenoxy) is 1. The molecule has 2 atom stereocenters. The summed E-state index contributed by atoms with van der Waals surface area (Å²) in [6.07, 6.45) is 6.42. The summed E-state index contributed by atoms with van der Waals surface area (Å²) in [5.74, 6) is -0.166. The average Bonchev–Trinajstić information content (AvgIpc) is 3.18. The smallest absolute Gasteiger partial charge is 0.339 e. The molecule has 0 amide bonds. The van der Waals surface area contributed by atoms with Crippen LogP contribution in [0.15, 0.2) is 30.3 Å². The van der Waals surface area contributed by atoms with Gasteiger partial charge in [-0.15, -0.1) is 0 Å². The number of hydrogen-bond acceptors (Lipinski definition) is 3. The summed E-state index contributed by atoms with van der Waals surface area (Å²) >= 11 is 0. The van der Waals surface area contributed by atoms with Gasteiger partial charge in [0, 0.05) is 12.3 Å². The van der Waals surface area contributed by atoms with Crippen molar-refractivity contribution in [1.29, 1.82) is 5.26 Å². The van der Waals surface area contributed by atoms with Crippen LogP contribution in [0.2, 0.25) is 0 Å². The standard InChI is InChI=1S/C17H21NO2/c1-2-3-4-8-11-15-12-17(15,13-18)20-16(19)14-9-6-5-7-10-14/h5-7,9-10,15H,2-4,8,11-12H2,1H3. The molecule has 0 spiro atoms. The van der Waals surface area contributed by atoms with Gasteiger partial charge in [0.15, 0.2) is 0 Å². The molecule has 0 heterocycles. The number of nitrogens with zero attached hydrogens (tertiary/aromatic N) is 1. The highest BCUT2D eigenvalue weighted by Crippen LogP contribution is 2.49.